The van der Waals surface area contributed by atoms with Crippen LogP contribution in [-0.4, -0.2) is 55.0 Å². The Morgan fingerprint density at radius 1 is 1.06 bits per heavy atom. The van der Waals surface area contributed by atoms with Gasteiger partial charge in [-0.25, -0.2) is 4.79 Å². The summed E-state index contributed by atoms with van der Waals surface area (Å²) in [7, 11) is 0. The molecule has 3 unspecified atom stereocenters. The molecule has 0 saturated carbocycles. The molecule has 8 nitrogen and oxygen atoms in total. The average molecular weight is 438 g/mol. The molecule has 1 heterocycles. The third-order valence-electron chi connectivity index (χ3n) is 6.09. The molecule has 0 aromatic heterocycles. The number of fused-ring (bicyclic) bond motifs is 3. The SMILES string of the molecule is CCC(NC(=O)OCC1c2ccccc2-c2ccccc21)C(=O)NC1COCC1C(=O)O. The third kappa shape index (κ3) is 4.31. The molecule has 3 atom stereocenters. The fourth-order valence-corrected chi connectivity index (χ4v) is 4.36. The van der Waals surface area contributed by atoms with Gasteiger partial charge in [0.15, 0.2) is 0 Å². The quantitative estimate of drug-likeness (QED) is 0.612. The average Bonchev–Trinajstić information content (AvgIpc) is 3.38. The smallest absolute Gasteiger partial charge is 0.407 e. The van der Waals surface area contributed by atoms with Crippen LogP contribution >= 0.6 is 0 Å². The number of benzene rings is 2. The Morgan fingerprint density at radius 2 is 1.69 bits per heavy atom. The molecule has 1 aliphatic heterocycles. The zero-order valence-corrected chi connectivity index (χ0v) is 17.7. The van der Waals surface area contributed by atoms with E-state index in [1.807, 2.05) is 36.4 Å². The molecule has 2 aliphatic rings. The summed E-state index contributed by atoms with van der Waals surface area (Å²) in [4.78, 5) is 36.3. The van der Waals surface area contributed by atoms with E-state index in [9.17, 15) is 19.5 Å². The highest BCUT2D eigenvalue weighted by Gasteiger charge is 2.36. The molecule has 2 amide bonds. The topological polar surface area (TPSA) is 114 Å². The molecule has 32 heavy (non-hydrogen) atoms. The van der Waals surface area contributed by atoms with Crippen LogP contribution in [0.3, 0.4) is 0 Å². The first kappa shape index (κ1) is 21.8. The van der Waals surface area contributed by atoms with Crippen LogP contribution in [-0.2, 0) is 19.1 Å². The molecule has 3 N–H and O–H groups in total. The van der Waals surface area contributed by atoms with Crippen LogP contribution in [0.15, 0.2) is 48.5 Å². The minimum atomic E-state index is -1.02. The zero-order valence-electron chi connectivity index (χ0n) is 17.7. The maximum Gasteiger partial charge on any atom is 0.407 e. The zero-order chi connectivity index (χ0) is 22.7. The number of carbonyl (C=O) groups is 3. The summed E-state index contributed by atoms with van der Waals surface area (Å²) in [5, 5.41) is 14.5. The van der Waals surface area contributed by atoms with Crippen molar-refractivity contribution in [2.24, 2.45) is 5.92 Å². The number of aliphatic carboxylic acids is 1. The minimum Gasteiger partial charge on any atom is -0.481 e. The summed E-state index contributed by atoms with van der Waals surface area (Å²) in [5.41, 5.74) is 4.48. The Bertz CT molecular complexity index is 978. The van der Waals surface area contributed by atoms with Crippen molar-refractivity contribution in [2.45, 2.75) is 31.3 Å². The van der Waals surface area contributed by atoms with Gasteiger partial charge in [0.1, 0.15) is 18.6 Å². The first-order valence-electron chi connectivity index (χ1n) is 10.7. The summed E-state index contributed by atoms with van der Waals surface area (Å²) in [6.45, 7) is 2.09. The molecular weight excluding hydrogens is 412 g/mol. The maximum atomic E-state index is 12.6. The van der Waals surface area contributed by atoms with Gasteiger partial charge in [-0.1, -0.05) is 55.5 Å². The van der Waals surface area contributed by atoms with Crippen LogP contribution in [0.25, 0.3) is 11.1 Å². The van der Waals surface area contributed by atoms with Crippen LogP contribution in [0.4, 0.5) is 4.79 Å². The second-order valence-corrected chi connectivity index (χ2v) is 8.03. The van der Waals surface area contributed by atoms with E-state index < -0.39 is 36.0 Å². The summed E-state index contributed by atoms with van der Waals surface area (Å²) < 4.78 is 10.7. The summed E-state index contributed by atoms with van der Waals surface area (Å²) in [5.74, 6) is -2.35. The van der Waals surface area contributed by atoms with E-state index in [2.05, 4.69) is 22.8 Å². The first-order chi connectivity index (χ1) is 15.5. The van der Waals surface area contributed by atoms with Gasteiger partial charge in [-0.05, 0) is 28.7 Å². The number of carboxylic acid groups (broad SMARTS) is 1. The van der Waals surface area contributed by atoms with Crippen molar-refractivity contribution < 1.29 is 29.0 Å². The number of hydrogen-bond donors (Lipinski definition) is 3. The molecule has 1 saturated heterocycles. The second kappa shape index (κ2) is 9.40. The highest BCUT2D eigenvalue weighted by atomic mass is 16.5. The van der Waals surface area contributed by atoms with Gasteiger partial charge in [-0.2, -0.15) is 0 Å². The van der Waals surface area contributed by atoms with Crippen LogP contribution in [0.1, 0.15) is 30.4 Å². The van der Waals surface area contributed by atoms with Crippen LogP contribution < -0.4 is 10.6 Å². The molecular formula is C24H26N2O6. The molecule has 1 aliphatic carbocycles. The van der Waals surface area contributed by atoms with Gasteiger partial charge in [-0.3, -0.25) is 9.59 Å². The number of hydrogen-bond acceptors (Lipinski definition) is 5. The van der Waals surface area contributed by atoms with Gasteiger partial charge in [0.05, 0.1) is 19.3 Å². The van der Waals surface area contributed by atoms with Gasteiger partial charge in [0.25, 0.3) is 0 Å². The summed E-state index contributed by atoms with van der Waals surface area (Å²) in [6.07, 6.45) is -0.354. The van der Waals surface area contributed by atoms with E-state index in [1.54, 1.807) is 6.92 Å². The number of nitrogens with one attached hydrogen (secondary N) is 2. The monoisotopic (exact) mass is 438 g/mol. The Balaban J connectivity index is 1.36. The fourth-order valence-electron chi connectivity index (χ4n) is 4.36. The van der Waals surface area contributed by atoms with Crippen molar-refractivity contribution in [2.75, 3.05) is 19.8 Å². The summed E-state index contributed by atoms with van der Waals surface area (Å²) >= 11 is 0. The lowest BCUT2D eigenvalue weighted by atomic mass is 9.98. The molecule has 0 spiro atoms. The Kier molecular flexibility index (Phi) is 6.41. The lowest BCUT2D eigenvalue weighted by Crippen LogP contribution is -2.52. The van der Waals surface area contributed by atoms with Gasteiger partial charge < -0.3 is 25.2 Å². The number of carboxylic acids is 1. The molecule has 0 radical (unpaired) electrons. The van der Waals surface area contributed by atoms with Crippen molar-refractivity contribution in [1.29, 1.82) is 0 Å². The lowest BCUT2D eigenvalue weighted by Gasteiger charge is -2.21. The van der Waals surface area contributed by atoms with Crippen LogP contribution in [0.2, 0.25) is 0 Å². The minimum absolute atomic E-state index is 0.0525. The van der Waals surface area contributed by atoms with E-state index in [0.29, 0.717) is 6.42 Å². The standard InChI is InChI=1S/C24H26N2O6/c1-2-20(22(27)25-21-13-31-11-19(21)23(28)29)26-24(30)32-12-18-16-9-5-3-7-14(16)15-8-4-6-10-17(15)18/h3-10,18-21H,2,11-13H2,1H3,(H,25,27)(H,26,30)(H,28,29). The van der Waals surface area contributed by atoms with Gasteiger partial charge >= 0.3 is 12.1 Å². The van der Waals surface area contributed by atoms with Crippen molar-refractivity contribution in [3.05, 3.63) is 59.7 Å². The Hall–Kier alpha value is -3.39. The molecule has 8 heteroatoms. The van der Waals surface area contributed by atoms with E-state index >= 15 is 0 Å². The lowest BCUT2D eigenvalue weighted by molar-refractivity contribution is -0.142. The number of alkyl carbamates (subject to hydrolysis) is 1. The second-order valence-electron chi connectivity index (χ2n) is 8.03. The van der Waals surface area contributed by atoms with E-state index in [-0.39, 0.29) is 25.7 Å². The maximum absolute atomic E-state index is 12.6. The van der Waals surface area contributed by atoms with Gasteiger partial charge in [0.2, 0.25) is 5.91 Å². The van der Waals surface area contributed by atoms with E-state index in [0.717, 1.165) is 22.3 Å². The number of carbonyl (C=O) groups excluding carboxylic acids is 2. The summed E-state index contributed by atoms with van der Waals surface area (Å²) in [6, 6.07) is 14.6. The number of rotatable bonds is 7. The van der Waals surface area contributed by atoms with E-state index in [4.69, 9.17) is 9.47 Å². The number of amides is 2. The van der Waals surface area contributed by atoms with E-state index in [1.165, 1.54) is 0 Å². The van der Waals surface area contributed by atoms with Crippen molar-refractivity contribution in [3.63, 3.8) is 0 Å². The molecule has 0 bridgehead atoms. The molecule has 2 aromatic rings. The van der Waals surface area contributed by atoms with Gasteiger partial charge in [-0.15, -0.1) is 0 Å². The molecule has 4 rings (SSSR count). The predicted octanol–water partition coefficient (Wildman–Crippen LogP) is 2.52. The third-order valence-corrected chi connectivity index (χ3v) is 6.09. The highest BCUT2D eigenvalue weighted by molar-refractivity contribution is 5.86. The Labute approximate surface area is 185 Å². The van der Waals surface area contributed by atoms with Crippen LogP contribution in [0, 0.1) is 5.92 Å². The highest BCUT2D eigenvalue weighted by Crippen LogP contribution is 2.44. The predicted molar refractivity (Wildman–Crippen MR) is 116 cm³/mol. The van der Waals surface area contributed by atoms with Crippen molar-refractivity contribution in [1.82, 2.24) is 10.6 Å². The normalized spacial score (nSPS) is 20.2. The van der Waals surface area contributed by atoms with Crippen molar-refractivity contribution in [3.8, 4) is 11.1 Å². The Morgan fingerprint density at radius 3 is 2.28 bits per heavy atom. The van der Waals surface area contributed by atoms with Crippen molar-refractivity contribution >= 4 is 18.0 Å². The van der Waals surface area contributed by atoms with Crippen LogP contribution in [0.5, 0.6) is 0 Å². The molecule has 1 fully saturated rings. The largest absolute Gasteiger partial charge is 0.481 e. The molecule has 168 valence electrons. The molecule has 2 aromatic carbocycles. The number of ether oxygens (including phenoxy) is 2. The first-order valence-corrected chi connectivity index (χ1v) is 10.7. The fraction of sp³-hybridized carbons (Fsp3) is 0.375. The van der Waals surface area contributed by atoms with Gasteiger partial charge in [0, 0.05) is 5.92 Å².